The number of thiophene rings is 1. The molecule has 0 radical (unpaired) electrons. The first-order chi connectivity index (χ1) is 10.9. The number of fused-ring (bicyclic) bond motifs is 1. The molecule has 4 rings (SSSR count). The maximum absolute atomic E-state index is 5.52. The number of hydrogen-bond donors (Lipinski definition) is 1. The molecule has 0 bridgehead atoms. The fraction of sp³-hybridized carbons (Fsp3) is 0.500. The lowest BCUT2D eigenvalue weighted by molar-refractivity contribution is 0.0875. The highest BCUT2D eigenvalue weighted by molar-refractivity contribution is 7.10. The van der Waals surface area contributed by atoms with Crippen molar-refractivity contribution in [3.8, 4) is 0 Å². The Morgan fingerprint density at radius 2 is 2.36 bits per heavy atom. The Labute approximate surface area is 134 Å². The van der Waals surface area contributed by atoms with Gasteiger partial charge in [-0.25, -0.2) is 9.97 Å². The van der Waals surface area contributed by atoms with Crippen LogP contribution >= 0.6 is 11.3 Å². The van der Waals surface area contributed by atoms with E-state index in [1.165, 1.54) is 10.4 Å². The molecule has 1 fully saturated rings. The number of nitrogens with zero attached hydrogens (tertiary/aromatic N) is 3. The standard InChI is InChI=1S/C16H20N4OS/c1-2-13(10-21-6-1)19-15-8-16(18-11-17-15)20-5-3-12-4-7-22-14(12)9-20/h4,7-8,11,13H,1-3,5-6,9-10H2,(H,17,18,19)/t13-/m0/s1. The number of hydrogen-bond acceptors (Lipinski definition) is 6. The van der Waals surface area contributed by atoms with Crippen LogP contribution in [0.25, 0.3) is 0 Å². The highest BCUT2D eigenvalue weighted by Crippen LogP contribution is 2.27. The second-order valence-corrected chi connectivity index (χ2v) is 6.86. The zero-order chi connectivity index (χ0) is 14.8. The summed E-state index contributed by atoms with van der Waals surface area (Å²) in [6.45, 7) is 3.62. The van der Waals surface area contributed by atoms with E-state index in [-0.39, 0.29) is 0 Å². The molecule has 2 aliphatic rings. The van der Waals surface area contributed by atoms with Crippen LogP contribution in [0.15, 0.2) is 23.8 Å². The minimum Gasteiger partial charge on any atom is -0.379 e. The lowest BCUT2D eigenvalue weighted by Crippen LogP contribution is -2.31. The first kappa shape index (κ1) is 14.0. The van der Waals surface area contributed by atoms with E-state index >= 15 is 0 Å². The summed E-state index contributed by atoms with van der Waals surface area (Å²) < 4.78 is 5.52. The average Bonchev–Trinajstić information content (AvgIpc) is 3.04. The molecule has 0 saturated carbocycles. The molecule has 4 heterocycles. The van der Waals surface area contributed by atoms with E-state index in [2.05, 4.69) is 37.7 Å². The van der Waals surface area contributed by atoms with Crippen LogP contribution in [0.5, 0.6) is 0 Å². The van der Waals surface area contributed by atoms with Crippen LogP contribution in [-0.2, 0) is 17.7 Å². The van der Waals surface area contributed by atoms with E-state index in [1.807, 2.05) is 11.3 Å². The molecule has 0 spiro atoms. The van der Waals surface area contributed by atoms with Gasteiger partial charge < -0.3 is 15.0 Å². The summed E-state index contributed by atoms with van der Waals surface area (Å²) in [5, 5.41) is 5.66. The minimum atomic E-state index is 0.363. The van der Waals surface area contributed by atoms with Crippen molar-refractivity contribution in [3.63, 3.8) is 0 Å². The Kier molecular flexibility index (Phi) is 3.95. The maximum atomic E-state index is 5.52. The molecule has 0 aromatic carbocycles. The first-order valence-electron chi connectivity index (χ1n) is 7.85. The molecule has 0 amide bonds. The third-order valence-corrected chi connectivity index (χ3v) is 5.26. The SMILES string of the molecule is c1nc(N[C@H]2CCCOC2)cc(N2CCc3ccsc3C2)n1. The van der Waals surface area contributed by atoms with Crippen molar-refractivity contribution in [1.29, 1.82) is 0 Å². The third-order valence-electron chi connectivity index (χ3n) is 4.31. The van der Waals surface area contributed by atoms with Gasteiger partial charge in [0.25, 0.3) is 0 Å². The Balaban J connectivity index is 1.47. The summed E-state index contributed by atoms with van der Waals surface area (Å²) in [5.41, 5.74) is 1.49. The molecule has 0 aliphatic carbocycles. The summed E-state index contributed by atoms with van der Waals surface area (Å²) in [7, 11) is 0. The van der Waals surface area contributed by atoms with Crippen molar-refractivity contribution in [2.75, 3.05) is 30.0 Å². The number of aromatic nitrogens is 2. The van der Waals surface area contributed by atoms with Crippen molar-refractivity contribution < 1.29 is 4.74 Å². The van der Waals surface area contributed by atoms with Crippen LogP contribution in [0.1, 0.15) is 23.3 Å². The van der Waals surface area contributed by atoms with Crippen LogP contribution in [0.4, 0.5) is 11.6 Å². The van der Waals surface area contributed by atoms with Gasteiger partial charge in [-0.15, -0.1) is 11.3 Å². The summed E-state index contributed by atoms with van der Waals surface area (Å²) in [4.78, 5) is 12.6. The third kappa shape index (κ3) is 2.94. The molecule has 1 N–H and O–H groups in total. The van der Waals surface area contributed by atoms with Gasteiger partial charge in [0.2, 0.25) is 0 Å². The molecule has 116 valence electrons. The Hall–Kier alpha value is -1.66. The first-order valence-corrected chi connectivity index (χ1v) is 8.73. The van der Waals surface area contributed by atoms with Crippen LogP contribution < -0.4 is 10.2 Å². The topological polar surface area (TPSA) is 50.3 Å². The summed E-state index contributed by atoms with van der Waals surface area (Å²) in [5.74, 6) is 1.91. The zero-order valence-corrected chi connectivity index (χ0v) is 13.3. The van der Waals surface area contributed by atoms with E-state index in [0.717, 1.165) is 57.2 Å². The van der Waals surface area contributed by atoms with Crippen LogP contribution in [0, 0.1) is 0 Å². The molecule has 6 heteroatoms. The molecule has 5 nitrogen and oxygen atoms in total. The summed E-state index contributed by atoms with van der Waals surface area (Å²) in [6.07, 6.45) is 5.01. The lowest BCUT2D eigenvalue weighted by Gasteiger charge is -2.28. The Morgan fingerprint density at radius 1 is 1.36 bits per heavy atom. The van der Waals surface area contributed by atoms with Gasteiger partial charge in [0, 0.05) is 24.1 Å². The summed E-state index contributed by atoms with van der Waals surface area (Å²) in [6, 6.07) is 4.67. The molecule has 1 saturated heterocycles. The van der Waals surface area contributed by atoms with E-state index in [0.29, 0.717) is 6.04 Å². The van der Waals surface area contributed by atoms with E-state index in [1.54, 1.807) is 6.33 Å². The Bertz CT molecular complexity index is 639. The molecular formula is C16H20N4OS. The van der Waals surface area contributed by atoms with Gasteiger partial charge >= 0.3 is 0 Å². The monoisotopic (exact) mass is 316 g/mol. The molecule has 2 aromatic rings. The van der Waals surface area contributed by atoms with Gasteiger partial charge in [0.1, 0.15) is 18.0 Å². The number of anilines is 2. The van der Waals surface area contributed by atoms with Gasteiger partial charge in [-0.3, -0.25) is 0 Å². The van der Waals surface area contributed by atoms with Crippen molar-refractivity contribution in [1.82, 2.24) is 9.97 Å². The number of rotatable bonds is 3. The molecular weight excluding hydrogens is 296 g/mol. The largest absolute Gasteiger partial charge is 0.379 e. The second kappa shape index (κ2) is 6.22. The second-order valence-electron chi connectivity index (χ2n) is 5.86. The average molecular weight is 316 g/mol. The van der Waals surface area contributed by atoms with Crippen molar-refractivity contribution in [2.24, 2.45) is 0 Å². The van der Waals surface area contributed by atoms with Crippen LogP contribution in [0.2, 0.25) is 0 Å². The zero-order valence-electron chi connectivity index (χ0n) is 12.5. The van der Waals surface area contributed by atoms with Crippen LogP contribution in [-0.4, -0.2) is 35.8 Å². The molecule has 1 atom stereocenters. The van der Waals surface area contributed by atoms with Gasteiger partial charge in [-0.05, 0) is 36.3 Å². The van der Waals surface area contributed by atoms with E-state index in [9.17, 15) is 0 Å². The molecule has 2 aromatic heterocycles. The quantitative estimate of drug-likeness (QED) is 0.943. The molecule has 2 aliphatic heterocycles. The van der Waals surface area contributed by atoms with Gasteiger partial charge in [-0.2, -0.15) is 0 Å². The van der Waals surface area contributed by atoms with E-state index in [4.69, 9.17) is 4.74 Å². The van der Waals surface area contributed by atoms with E-state index < -0.39 is 0 Å². The van der Waals surface area contributed by atoms with Crippen LogP contribution in [0.3, 0.4) is 0 Å². The molecule has 22 heavy (non-hydrogen) atoms. The van der Waals surface area contributed by atoms with Gasteiger partial charge in [0.15, 0.2) is 0 Å². The fourth-order valence-electron chi connectivity index (χ4n) is 3.09. The highest BCUT2D eigenvalue weighted by atomic mass is 32.1. The van der Waals surface area contributed by atoms with Crippen molar-refractivity contribution in [3.05, 3.63) is 34.3 Å². The number of nitrogens with one attached hydrogen (secondary N) is 1. The van der Waals surface area contributed by atoms with Gasteiger partial charge in [0.05, 0.1) is 19.2 Å². The maximum Gasteiger partial charge on any atom is 0.134 e. The number of ether oxygens (including phenoxy) is 1. The van der Waals surface area contributed by atoms with Gasteiger partial charge in [-0.1, -0.05) is 0 Å². The van der Waals surface area contributed by atoms with Crippen molar-refractivity contribution in [2.45, 2.75) is 31.8 Å². The molecule has 0 unspecified atom stereocenters. The smallest absolute Gasteiger partial charge is 0.134 e. The minimum absolute atomic E-state index is 0.363. The predicted molar refractivity (Wildman–Crippen MR) is 88.6 cm³/mol. The lowest BCUT2D eigenvalue weighted by atomic mass is 10.1. The van der Waals surface area contributed by atoms with Crippen molar-refractivity contribution >= 4 is 23.0 Å². The summed E-state index contributed by atoms with van der Waals surface area (Å²) >= 11 is 1.84. The predicted octanol–water partition coefficient (Wildman–Crippen LogP) is 2.69. The Morgan fingerprint density at radius 3 is 3.27 bits per heavy atom. The fourth-order valence-corrected chi connectivity index (χ4v) is 4.04. The normalized spacial score (nSPS) is 21.5. The highest BCUT2D eigenvalue weighted by Gasteiger charge is 2.19.